The van der Waals surface area contributed by atoms with Crippen LogP contribution in [0.2, 0.25) is 0 Å². The molecule has 0 aliphatic heterocycles. The molecule has 138 valence electrons. The average Bonchev–Trinajstić information content (AvgIpc) is 2.61. The van der Waals surface area contributed by atoms with Gasteiger partial charge < -0.3 is 20.1 Å². The first-order valence-electron chi connectivity index (χ1n) is 8.50. The SMILES string of the molecule is CCOc1ccccc1NC(=O)C(C)OCC(=O)Nc1cccc(C)c1. The van der Waals surface area contributed by atoms with E-state index in [4.69, 9.17) is 9.47 Å². The Kier molecular flexibility index (Phi) is 7.17. The van der Waals surface area contributed by atoms with Crippen molar-refractivity contribution in [1.29, 1.82) is 0 Å². The zero-order chi connectivity index (χ0) is 18.9. The first-order chi connectivity index (χ1) is 12.5. The first-order valence-corrected chi connectivity index (χ1v) is 8.50. The van der Waals surface area contributed by atoms with Crippen LogP contribution in [0.25, 0.3) is 0 Å². The molecule has 0 saturated carbocycles. The van der Waals surface area contributed by atoms with E-state index in [-0.39, 0.29) is 18.4 Å². The maximum absolute atomic E-state index is 12.3. The number of carbonyl (C=O) groups excluding carboxylic acids is 2. The molecule has 6 heteroatoms. The second kappa shape index (κ2) is 9.58. The molecule has 0 radical (unpaired) electrons. The Labute approximate surface area is 153 Å². The third-order valence-corrected chi connectivity index (χ3v) is 3.58. The molecule has 0 fully saturated rings. The third kappa shape index (κ3) is 5.89. The van der Waals surface area contributed by atoms with E-state index in [1.165, 1.54) is 0 Å². The van der Waals surface area contributed by atoms with Gasteiger partial charge in [0.05, 0.1) is 12.3 Å². The van der Waals surface area contributed by atoms with Crippen LogP contribution >= 0.6 is 0 Å². The van der Waals surface area contributed by atoms with E-state index >= 15 is 0 Å². The van der Waals surface area contributed by atoms with Gasteiger partial charge >= 0.3 is 0 Å². The van der Waals surface area contributed by atoms with Crippen LogP contribution in [0.5, 0.6) is 5.75 Å². The Balaban J connectivity index is 1.84. The summed E-state index contributed by atoms with van der Waals surface area (Å²) in [7, 11) is 0. The highest BCUT2D eigenvalue weighted by molar-refractivity contribution is 5.96. The monoisotopic (exact) mass is 356 g/mol. The quantitative estimate of drug-likeness (QED) is 0.760. The number of amides is 2. The fourth-order valence-electron chi connectivity index (χ4n) is 2.28. The fourth-order valence-corrected chi connectivity index (χ4v) is 2.28. The Morgan fingerprint density at radius 1 is 1.08 bits per heavy atom. The molecule has 2 aromatic carbocycles. The Morgan fingerprint density at radius 2 is 1.85 bits per heavy atom. The van der Waals surface area contributed by atoms with Crippen molar-refractivity contribution >= 4 is 23.2 Å². The standard InChI is InChI=1S/C20H24N2O4/c1-4-25-18-11-6-5-10-17(18)22-20(24)15(3)26-13-19(23)21-16-9-7-8-14(2)12-16/h5-12,15H,4,13H2,1-3H3,(H,21,23)(H,22,24). The van der Waals surface area contributed by atoms with Crippen LogP contribution in [0.4, 0.5) is 11.4 Å². The van der Waals surface area contributed by atoms with Crippen LogP contribution in [0.3, 0.4) is 0 Å². The minimum atomic E-state index is -0.784. The maximum atomic E-state index is 12.3. The van der Waals surface area contributed by atoms with Crippen molar-refractivity contribution in [2.75, 3.05) is 23.8 Å². The van der Waals surface area contributed by atoms with Gasteiger partial charge in [-0.1, -0.05) is 24.3 Å². The highest BCUT2D eigenvalue weighted by Crippen LogP contribution is 2.23. The molecule has 2 aromatic rings. The van der Waals surface area contributed by atoms with Crippen molar-refractivity contribution in [2.24, 2.45) is 0 Å². The minimum absolute atomic E-state index is 0.213. The summed E-state index contributed by atoms with van der Waals surface area (Å²) in [5.41, 5.74) is 2.31. The molecule has 26 heavy (non-hydrogen) atoms. The van der Waals surface area contributed by atoms with Crippen LogP contribution in [-0.4, -0.2) is 31.1 Å². The van der Waals surface area contributed by atoms with E-state index in [1.807, 2.05) is 38.1 Å². The molecule has 2 rings (SSSR count). The zero-order valence-electron chi connectivity index (χ0n) is 15.2. The van der Waals surface area contributed by atoms with Gasteiger partial charge in [-0.3, -0.25) is 9.59 Å². The first kappa shape index (κ1) is 19.5. The van der Waals surface area contributed by atoms with Gasteiger partial charge in [-0.05, 0) is 50.6 Å². The second-order valence-electron chi connectivity index (χ2n) is 5.79. The molecule has 0 saturated heterocycles. The fraction of sp³-hybridized carbons (Fsp3) is 0.300. The Bertz CT molecular complexity index is 761. The average molecular weight is 356 g/mol. The summed E-state index contributed by atoms with van der Waals surface area (Å²) in [4.78, 5) is 24.2. The third-order valence-electron chi connectivity index (χ3n) is 3.58. The van der Waals surface area contributed by atoms with Gasteiger partial charge in [0.25, 0.3) is 5.91 Å². The normalized spacial score (nSPS) is 11.5. The summed E-state index contributed by atoms with van der Waals surface area (Å²) in [5.74, 6) is -0.0711. The molecule has 1 atom stereocenters. The lowest BCUT2D eigenvalue weighted by Gasteiger charge is -2.15. The van der Waals surface area contributed by atoms with Crippen molar-refractivity contribution < 1.29 is 19.1 Å². The van der Waals surface area contributed by atoms with Gasteiger partial charge in [-0.25, -0.2) is 0 Å². The van der Waals surface area contributed by atoms with Gasteiger partial charge in [-0.15, -0.1) is 0 Å². The highest BCUT2D eigenvalue weighted by atomic mass is 16.5. The van der Waals surface area contributed by atoms with Crippen LogP contribution in [0.15, 0.2) is 48.5 Å². The number of nitrogens with one attached hydrogen (secondary N) is 2. The number of hydrogen-bond donors (Lipinski definition) is 2. The summed E-state index contributed by atoms with van der Waals surface area (Å²) < 4.78 is 10.8. The number of aryl methyl sites for hydroxylation is 1. The topological polar surface area (TPSA) is 76.7 Å². The zero-order valence-corrected chi connectivity index (χ0v) is 15.2. The number of ether oxygens (including phenoxy) is 2. The molecule has 1 unspecified atom stereocenters. The molecular weight excluding hydrogens is 332 g/mol. The number of para-hydroxylation sites is 2. The Morgan fingerprint density at radius 3 is 2.58 bits per heavy atom. The van der Waals surface area contributed by atoms with E-state index in [0.717, 1.165) is 5.56 Å². The number of anilines is 2. The van der Waals surface area contributed by atoms with Crippen molar-refractivity contribution in [1.82, 2.24) is 0 Å². The largest absolute Gasteiger partial charge is 0.492 e. The lowest BCUT2D eigenvalue weighted by molar-refractivity contribution is -0.131. The van der Waals surface area contributed by atoms with Gasteiger partial charge in [0.15, 0.2) is 0 Å². The van der Waals surface area contributed by atoms with E-state index in [0.29, 0.717) is 23.7 Å². The van der Waals surface area contributed by atoms with E-state index in [2.05, 4.69) is 10.6 Å². The van der Waals surface area contributed by atoms with Gasteiger partial charge in [0, 0.05) is 5.69 Å². The van der Waals surface area contributed by atoms with Crippen LogP contribution in [0, 0.1) is 6.92 Å². The molecule has 0 aliphatic rings. The molecular formula is C20H24N2O4. The minimum Gasteiger partial charge on any atom is -0.492 e. The summed E-state index contributed by atoms with van der Waals surface area (Å²) in [6, 6.07) is 14.6. The van der Waals surface area contributed by atoms with Crippen LogP contribution < -0.4 is 15.4 Å². The summed E-state index contributed by atoms with van der Waals surface area (Å²) in [6.07, 6.45) is -0.784. The predicted molar refractivity (Wildman–Crippen MR) is 101 cm³/mol. The van der Waals surface area contributed by atoms with E-state index < -0.39 is 6.10 Å². The van der Waals surface area contributed by atoms with Gasteiger partial charge in [0.2, 0.25) is 5.91 Å². The molecule has 0 heterocycles. The summed E-state index contributed by atoms with van der Waals surface area (Å²) in [6.45, 7) is 5.70. The Hall–Kier alpha value is -2.86. The lowest BCUT2D eigenvalue weighted by atomic mass is 10.2. The van der Waals surface area contributed by atoms with Crippen molar-refractivity contribution in [3.63, 3.8) is 0 Å². The number of benzene rings is 2. The van der Waals surface area contributed by atoms with Crippen molar-refractivity contribution in [3.05, 3.63) is 54.1 Å². The van der Waals surface area contributed by atoms with Crippen LogP contribution in [0.1, 0.15) is 19.4 Å². The molecule has 0 aromatic heterocycles. The van der Waals surface area contributed by atoms with Gasteiger partial charge in [-0.2, -0.15) is 0 Å². The molecule has 2 amide bonds. The maximum Gasteiger partial charge on any atom is 0.253 e. The number of hydrogen-bond acceptors (Lipinski definition) is 4. The summed E-state index contributed by atoms with van der Waals surface area (Å²) >= 11 is 0. The number of carbonyl (C=O) groups is 2. The van der Waals surface area contributed by atoms with Gasteiger partial charge in [0.1, 0.15) is 18.5 Å². The number of rotatable bonds is 8. The lowest BCUT2D eigenvalue weighted by Crippen LogP contribution is -2.31. The molecule has 0 aliphatic carbocycles. The van der Waals surface area contributed by atoms with E-state index in [9.17, 15) is 9.59 Å². The van der Waals surface area contributed by atoms with Crippen molar-refractivity contribution in [2.45, 2.75) is 26.9 Å². The molecule has 6 nitrogen and oxygen atoms in total. The highest BCUT2D eigenvalue weighted by Gasteiger charge is 2.17. The predicted octanol–water partition coefficient (Wildman–Crippen LogP) is 3.38. The smallest absolute Gasteiger partial charge is 0.253 e. The molecule has 0 bridgehead atoms. The molecule has 0 spiro atoms. The summed E-state index contributed by atoms with van der Waals surface area (Å²) in [5, 5.41) is 5.49. The molecule has 2 N–H and O–H groups in total. The second-order valence-corrected chi connectivity index (χ2v) is 5.79. The van der Waals surface area contributed by atoms with Crippen molar-refractivity contribution in [3.8, 4) is 5.75 Å². The van der Waals surface area contributed by atoms with Crippen LogP contribution in [-0.2, 0) is 14.3 Å². The van der Waals surface area contributed by atoms with E-state index in [1.54, 1.807) is 31.2 Å².